The van der Waals surface area contributed by atoms with Crippen molar-refractivity contribution in [2.75, 3.05) is 24.5 Å². The Kier molecular flexibility index (Phi) is 6.14. The van der Waals surface area contributed by atoms with E-state index in [-0.39, 0.29) is 30.1 Å². The highest BCUT2D eigenvalue weighted by atomic mass is 16.2. The van der Waals surface area contributed by atoms with Gasteiger partial charge in [-0.05, 0) is 25.0 Å². The van der Waals surface area contributed by atoms with Gasteiger partial charge in [0.1, 0.15) is 0 Å². The quantitative estimate of drug-likeness (QED) is 0.739. The molecule has 1 fully saturated rings. The minimum absolute atomic E-state index is 0.0120. The van der Waals surface area contributed by atoms with Crippen LogP contribution in [0.2, 0.25) is 0 Å². The number of nitrogens with zero attached hydrogens (tertiary/aromatic N) is 1. The number of anilines is 1. The standard InChI is InChI=1S/C17H23N3O3/c1-13(21)18-9-5-6-10-19-17(23)14-11-16(22)20(12-14)15-7-3-2-4-8-15/h2-4,7-8,14H,5-6,9-12H2,1H3,(H,18,21)(H,19,23). The van der Waals surface area contributed by atoms with Crippen molar-refractivity contribution in [1.82, 2.24) is 10.6 Å². The predicted molar refractivity (Wildman–Crippen MR) is 87.8 cm³/mol. The van der Waals surface area contributed by atoms with Gasteiger partial charge in [0, 0.05) is 38.7 Å². The third-order valence-electron chi connectivity index (χ3n) is 3.84. The average molecular weight is 317 g/mol. The molecule has 3 amide bonds. The van der Waals surface area contributed by atoms with Crippen LogP contribution in [0.25, 0.3) is 0 Å². The Labute approximate surface area is 136 Å². The number of nitrogens with one attached hydrogen (secondary N) is 2. The summed E-state index contributed by atoms with van der Waals surface area (Å²) >= 11 is 0. The highest BCUT2D eigenvalue weighted by Crippen LogP contribution is 2.24. The lowest BCUT2D eigenvalue weighted by atomic mass is 10.1. The summed E-state index contributed by atoms with van der Waals surface area (Å²) in [5.41, 5.74) is 0.836. The molecule has 1 aliphatic heterocycles. The SMILES string of the molecule is CC(=O)NCCCCNC(=O)C1CC(=O)N(c2ccccc2)C1. The van der Waals surface area contributed by atoms with E-state index in [1.54, 1.807) is 4.90 Å². The summed E-state index contributed by atoms with van der Waals surface area (Å²) < 4.78 is 0. The fourth-order valence-electron chi connectivity index (χ4n) is 2.61. The van der Waals surface area contributed by atoms with Crippen LogP contribution < -0.4 is 15.5 Å². The molecule has 2 rings (SSSR count). The fourth-order valence-corrected chi connectivity index (χ4v) is 2.61. The first-order valence-electron chi connectivity index (χ1n) is 7.95. The van der Waals surface area contributed by atoms with Crippen molar-refractivity contribution in [2.24, 2.45) is 5.92 Å². The molecule has 1 atom stereocenters. The second-order valence-corrected chi connectivity index (χ2v) is 5.72. The third kappa shape index (κ3) is 5.09. The number of benzene rings is 1. The lowest BCUT2D eigenvalue weighted by Gasteiger charge is -2.16. The van der Waals surface area contributed by atoms with Gasteiger partial charge in [-0.1, -0.05) is 18.2 Å². The van der Waals surface area contributed by atoms with Gasteiger partial charge in [0.2, 0.25) is 17.7 Å². The molecule has 23 heavy (non-hydrogen) atoms. The van der Waals surface area contributed by atoms with Gasteiger partial charge in [0.15, 0.2) is 0 Å². The van der Waals surface area contributed by atoms with Crippen molar-refractivity contribution < 1.29 is 14.4 Å². The normalized spacial score (nSPS) is 17.2. The first-order valence-corrected chi connectivity index (χ1v) is 7.95. The number of carbonyl (C=O) groups excluding carboxylic acids is 3. The van der Waals surface area contributed by atoms with Crippen molar-refractivity contribution >= 4 is 23.4 Å². The Morgan fingerprint density at radius 3 is 2.43 bits per heavy atom. The summed E-state index contributed by atoms with van der Waals surface area (Å²) in [5.74, 6) is -0.420. The van der Waals surface area contributed by atoms with E-state index in [1.165, 1.54) is 6.92 Å². The number of unbranched alkanes of at least 4 members (excludes halogenated alkanes) is 1. The largest absolute Gasteiger partial charge is 0.356 e. The predicted octanol–water partition coefficient (Wildman–Crippen LogP) is 1.07. The van der Waals surface area contributed by atoms with Crippen molar-refractivity contribution in [2.45, 2.75) is 26.2 Å². The van der Waals surface area contributed by atoms with E-state index in [0.717, 1.165) is 18.5 Å². The number of hydrogen-bond acceptors (Lipinski definition) is 3. The Morgan fingerprint density at radius 2 is 1.78 bits per heavy atom. The van der Waals surface area contributed by atoms with Gasteiger partial charge in [0.25, 0.3) is 0 Å². The second-order valence-electron chi connectivity index (χ2n) is 5.72. The first-order chi connectivity index (χ1) is 11.1. The van der Waals surface area contributed by atoms with Gasteiger partial charge in [-0.25, -0.2) is 0 Å². The number of para-hydroxylation sites is 1. The Bertz CT molecular complexity index is 559. The third-order valence-corrected chi connectivity index (χ3v) is 3.84. The second kappa shape index (κ2) is 8.31. The van der Waals surface area contributed by atoms with Crippen LogP contribution in [0.15, 0.2) is 30.3 Å². The van der Waals surface area contributed by atoms with E-state index < -0.39 is 0 Å². The number of carbonyl (C=O) groups is 3. The molecule has 0 aliphatic carbocycles. The molecule has 6 heteroatoms. The lowest BCUT2D eigenvalue weighted by Crippen LogP contribution is -2.33. The van der Waals surface area contributed by atoms with Gasteiger partial charge >= 0.3 is 0 Å². The zero-order chi connectivity index (χ0) is 16.7. The summed E-state index contributed by atoms with van der Waals surface area (Å²) in [4.78, 5) is 36.6. The topological polar surface area (TPSA) is 78.5 Å². The highest BCUT2D eigenvalue weighted by molar-refractivity contribution is 6.00. The Hall–Kier alpha value is -2.37. The van der Waals surface area contributed by atoms with Gasteiger partial charge < -0.3 is 15.5 Å². The van der Waals surface area contributed by atoms with Crippen LogP contribution in [-0.4, -0.2) is 37.4 Å². The summed E-state index contributed by atoms with van der Waals surface area (Å²) in [6.07, 6.45) is 1.88. The van der Waals surface area contributed by atoms with Crippen LogP contribution in [0.1, 0.15) is 26.2 Å². The maximum Gasteiger partial charge on any atom is 0.227 e. The van der Waals surface area contributed by atoms with E-state index in [1.807, 2.05) is 30.3 Å². The Morgan fingerprint density at radius 1 is 1.13 bits per heavy atom. The van der Waals surface area contributed by atoms with E-state index in [4.69, 9.17) is 0 Å². The molecule has 0 aromatic heterocycles. The molecule has 0 spiro atoms. The van der Waals surface area contributed by atoms with Gasteiger partial charge in [-0.2, -0.15) is 0 Å². The highest BCUT2D eigenvalue weighted by Gasteiger charge is 2.34. The van der Waals surface area contributed by atoms with Crippen LogP contribution >= 0.6 is 0 Å². The van der Waals surface area contributed by atoms with Gasteiger partial charge in [-0.15, -0.1) is 0 Å². The Balaban J connectivity index is 1.72. The smallest absolute Gasteiger partial charge is 0.227 e. The zero-order valence-electron chi connectivity index (χ0n) is 13.4. The molecule has 1 aromatic rings. The molecule has 1 aliphatic rings. The van der Waals surface area contributed by atoms with E-state index >= 15 is 0 Å². The monoisotopic (exact) mass is 317 g/mol. The van der Waals surface area contributed by atoms with Crippen LogP contribution in [-0.2, 0) is 14.4 Å². The summed E-state index contributed by atoms with van der Waals surface area (Å²) in [5, 5.41) is 5.59. The lowest BCUT2D eigenvalue weighted by molar-refractivity contribution is -0.126. The van der Waals surface area contributed by atoms with E-state index in [0.29, 0.717) is 19.6 Å². The molecule has 1 unspecified atom stereocenters. The van der Waals surface area contributed by atoms with Crippen molar-refractivity contribution in [1.29, 1.82) is 0 Å². The van der Waals surface area contributed by atoms with Crippen molar-refractivity contribution in [3.05, 3.63) is 30.3 Å². The van der Waals surface area contributed by atoms with Crippen LogP contribution in [0.5, 0.6) is 0 Å². The minimum Gasteiger partial charge on any atom is -0.356 e. The summed E-state index contributed by atoms with van der Waals surface area (Å²) in [6, 6.07) is 9.41. The van der Waals surface area contributed by atoms with Crippen molar-refractivity contribution in [3.63, 3.8) is 0 Å². The molecule has 1 saturated heterocycles. The number of hydrogen-bond donors (Lipinski definition) is 2. The van der Waals surface area contributed by atoms with Crippen LogP contribution in [0, 0.1) is 5.92 Å². The molecule has 124 valence electrons. The molecular weight excluding hydrogens is 294 g/mol. The molecule has 1 aromatic carbocycles. The fraction of sp³-hybridized carbons (Fsp3) is 0.471. The number of amides is 3. The zero-order valence-corrected chi connectivity index (χ0v) is 13.4. The molecular formula is C17H23N3O3. The molecule has 0 radical (unpaired) electrons. The van der Waals surface area contributed by atoms with Crippen LogP contribution in [0.3, 0.4) is 0 Å². The molecule has 1 heterocycles. The summed E-state index contributed by atoms with van der Waals surface area (Å²) in [6.45, 7) is 3.10. The molecule has 2 N–H and O–H groups in total. The van der Waals surface area contributed by atoms with Crippen molar-refractivity contribution in [3.8, 4) is 0 Å². The maximum atomic E-state index is 12.1. The molecule has 6 nitrogen and oxygen atoms in total. The van der Waals surface area contributed by atoms with E-state index in [2.05, 4.69) is 10.6 Å². The van der Waals surface area contributed by atoms with Crippen LogP contribution in [0.4, 0.5) is 5.69 Å². The van der Waals surface area contributed by atoms with Gasteiger partial charge in [0.05, 0.1) is 5.92 Å². The number of rotatable bonds is 7. The maximum absolute atomic E-state index is 12.1. The minimum atomic E-state index is -0.293. The average Bonchev–Trinajstić information content (AvgIpc) is 2.93. The first kappa shape index (κ1) is 17.0. The summed E-state index contributed by atoms with van der Waals surface area (Å²) in [7, 11) is 0. The van der Waals surface area contributed by atoms with E-state index in [9.17, 15) is 14.4 Å². The van der Waals surface area contributed by atoms with Gasteiger partial charge in [-0.3, -0.25) is 14.4 Å². The molecule has 0 bridgehead atoms. The molecule has 0 saturated carbocycles.